The Labute approximate surface area is 77.5 Å². The van der Waals surface area contributed by atoms with E-state index in [1.165, 1.54) is 0 Å². The molecule has 0 unspecified atom stereocenters. The predicted octanol–water partition coefficient (Wildman–Crippen LogP) is 0.710. The van der Waals surface area contributed by atoms with Gasteiger partial charge in [0, 0.05) is 12.1 Å². The van der Waals surface area contributed by atoms with E-state index in [-0.39, 0.29) is 22.5 Å². The molecule has 71 valence electrons. The van der Waals surface area contributed by atoms with Gasteiger partial charge in [-0.25, -0.2) is 4.79 Å². The molecule has 14 heavy (non-hydrogen) atoms. The van der Waals surface area contributed by atoms with Gasteiger partial charge in [0.05, 0.1) is 0 Å². The lowest BCUT2D eigenvalue weighted by Gasteiger charge is -2.01. The fourth-order valence-corrected chi connectivity index (χ4v) is 1.19. The van der Waals surface area contributed by atoms with Crippen LogP contribution >= 0.6 is 0 Å². The molecule has 1 aromatic heterocycles. The second-order valence-electron chi connectivity index (χ2n) is 2.70. The molecule has 1 aromatic carbocycles. The first-order chi connectivity index (χ1) is 6.58. The summed E-state index contributed by atoms with van der Waals surface area (Å²) in [4.78, 5) is 10.8. The van der Waals surface area contributed by atoms with Crippen LogP contribution in [-0.2, 0) is 0 Å². The van der Waals surface area contributed by atoms with Crippen molar-refractivity contribution in [2.75, 3.05) is 0 Å². The highest BCUT2D eigenvalue weighted by Gasteiger charge is 2.10. The Morgan fingerprint density at radius 1 is 1.21 bits per heavy atom. The average molecular weight is 193 g/mol. The van der Waals surface area contributed by atoms with Crippen LogP contribution in [0, 0.1) is 6.07 Å². The lowest BCUT2D eigenvalue weighted by molar-refractivity contribution is 0.439. The van der Waals surface area contributed by atoms with Crippen LogP contribution in [-0.4, -0.2) is 15.3 Å². The highest BCUT2D eigenvalue weighted by atomic mass is 16.4. The fourth-order valence-electron chi connectivity index (χ4n) is 1.19. The first kappa shape index (κ1) is 8.43. The quantitative estimate of drug-likeness (QED) is 0.536. The molecule has 0 saturated heterocycles. The summed E-state index contributed by atoms with van der Waals surface area (Å²) in [5.74, 6) is -1.14. The molecule has 0 aliphatic heterocycles. The zero-order chi connectivity index (χ0) is 10.3. The Hall–Kier alpha value is -2.17. The van der Waals surface area contributed by atoms with Crippen molar-refractivity contribution in [2.45, 2.75) is 0 Å². The third kappa shape index (κ3) is 1.15. The molecule has 0 bridgehead atoms. The average Bonchev–Trinajstić information content (AvgIpc) is 1.99. The van der Waals surface area contributed by atoms with E-state index in [4.69, 9.17) is 5.11 Å². The Morgan fingerprint density at radius 3 is 2.64 bits per heavy atom. The molecule has 0 saturated carbocycles. The molecule has 0 aliphatic carbocycles. The highest BCUT2D eigenvalue weighted by molar-refractivity contribution is 5.89. The molecule has 0 amide bonds. The molecule has 5 heteroatoms. The maximum atomic E-state index is 10.8. The van der Waals surface area contributed by atoms with E-state index in [0.29, 0.717) is 0 Å². The Bertz CT molecular complexity index is 555. The summed E-state index contributed by atoms with van der Waals surface area (Å²) < 4.78 is 4.61. The Kier molecular flexibility index (Phi) is 1.60. The minimum atomic E-state index is -0.875. The zero-order valence-corrected chi connectivity index (χ0v) is 6.81. The van der Waals surface area contributed by atoms with E-state index in [0.717, 1.165) is 12.1 Å². The van der Waals surface area contributed by atoms with Crippen molar-refractivity contribution < 1.29 is 19.7 Å². The molecule has 2 rings (SSSR count). The first-order valence-electron chi connectivity index (χ1n) is 3.69. The van der Waals surface area contributed by atoms with Gasteiger partial charge in [-0.05, 0) is 0 Å². The van der Waals surface area contributed by atoms with Crippen LogP contribution in [0.5, 0.6) is 17.2 Å². The maximum Gasteiger partial charge on any atom is 0.348 e. The van der Waals surface area contributed by atoms with Crippen LogP contribution < -0.4 is 5.63 Å². The summed E-state index contributed by atoms with van der Waals surface area (Å²) >= 11 is 0. The molecule has 0 atom stereocenters. The van der Waals surface area contributed by atoms with Crippen LogP contribution in [0.2, 0.25) is 0 Å². The van der Waals surface area contributed by atoms with E-state index in [1.54, 1.807) is 0 Å². The predicted molar refractivity (Wildman–Crippen MR) is 46.3 cm³/mol. The van der Waals surface area contributed by atoms with Crippen molar-refractivity contribution in [2.24, 2.45) is 0 Å². The number of benzene rings is 1. The van der Waals surface area contributed by atoms with E-state index in [9.17, 15) is 15.0 Å². The minimum absolute atomic E-state index is 0.0533. The van der Waals surface area contributed by atoms with Crippen molar-refractivity contribution in [3.8, 4) is 17.2 Å². The minimum Gasteiger partial charge on any atom is -0.508 e. The van der Waals surface area contributed by atoms with Gasteiger partial charge in [-0.15, -0.1) is 0 Å². The van der Waals surface area contributed by atoms with E-state index in [1.807, 2.05) is 6.07 Å². The van der Waals surface area contributed by atoms with Crippen LogP contribution in [0.1, 0.15) is 0 Å². The van der Waals surface area contributed by atoms with Crippen LogP contribution in [0.4, 0.5) is 0 Å². The molecule has 5 nitrogen and oxygen atoms in total. The van der Waals surface area contributed by atoms with Gasteiger partial charge in [0.1, 0.15) is 34.3 Å². The zero-order valence-electron chi connectivity index (χ0n) is 6.81. The number of phenols is 2. The fraction of sp³-hybridized carbons (Fsp3) is 0. The van der Waals surface area contributed by atoms with Crippen molar-refractivity contribution in [3.63, 3.8) is 0 Å². The van der Waals surface area contributed by atoms with E-state index in [2.05, 4.69) is 4.42 Å². The van der Waals surface area contributed by atoms with Gasteiger partial charge >= 0.3 is 5.63 Å². The lowest BCUT2D eigenvalue weighted by Crippen LogP contribution is -1.96. The van der Waals surface area contributed by atoms with Gasteiger partial charge in [0.25, 0.3) is 0 Å². The monoisotopic (exact) mass is 193 g/mol. The third-order valence-corrected chi connectivity index (χ3v) is 1.73. The highest BCUT2D eigenvalue weighted by Crippen LogP contribution is 2.34. The van der Waals surface area contributed by atoms with Crippen LogP contribution in [0.15, 0.2) is 21.3 Å². The van der Waals surface area contributed by atoms with Crippen molar-refractivity contribution >= 4 is 11.0 Å². The van der Waals surface area contributed by atoms with Gasteiger partial charge in [-0.1, -0.05) is 0 Å². The van der Waals surface area contributed by atoms with Crippen molar-refractivity contribution in [1.82, 2.24) is 0 Å². The molecular formula is C9H5O5. The molecular weight excluding hydrogens is 188 g/mol. The van der Waals surface area contributed by atoms with Gasteiger partial charge in [0.15, 0.2) is 0 Å². The van der Waals surface area contributed by atoms with Crippen molar-refractivity contribution in [3.05, 3.63) is 28.6 Å². The number of hydrogen-bond donors (Lipinski definition) is 3. The number of aromatic hydroxyl groups is 3. The largest absolute Gasteiger partial charge is 0.508 e. The van der Waals surface area contributed by atoms with Gasteiger partial charge in [-0.2, -0.15) is 0 Å². The topological polar surface area (TPSA) is 90.9 Å². The summed E-state index contributed by atoms with van der Waals surface area (Å²) in [6.45, 7) is 0. The molecule has 0 fully saturated rings. The molecule has 1 radical (unpaired) electrons. The normalized spacial score (nSPS) is 10.6. The number of rotatable bonds is 0. The Morgan fingerprint density at radius 2 is 1.93 bits per heavy atom. The molecule has 3 N–H and O–H groups in total. The summed E-state index contributed by atoms with van der Waals surface area (Å²) in [7, 11) is 0. The Balaban J connectivity index is 3.01. The van der Waals surface area contributed by atoms with E-state index < -0.39 is 11.4 Å². The van der Waals surface area contributed by atoms with Crippen LogP contribution in [0.25, 0.3) is 11.0 Å². The standard InChI is InChI=1S/C9H5O5/c10-4-1-5(11)9-6(12)3-8(13)14-7(9)2-4/h1-2,10-12H. The van der Waals surface area contributed by atoms with E-state index >= 15 is 0 Å². The molecule has 0 aliphatic rings. The SMILES string of the molecule is O=c1[c]c(O)c2c(O)cc(O)cc2o1. The lowest BCUT2D eigenvalue weighted by atomic mass is 10.2. The molecule has 1 heterocycles. The molecule has 2 aromatic rings. The summed E-state index contributed by atoms with van der Waals surface area (Å²) in [6.07, 6.45) is 0. The molecule has 0 spiro atoms. The first-order valence-corrected chi connectivity index (χ1v) is 3.69. The van der Waals surface area contributed by atoms with Gasteiger partial charge in [-0.3, -0.25) is 0 Å². The summed E-state index contributed by atoms with van der Waals surface area (Å²) in [5, 5.41) is 27.6. The third-order valence-electron chi connectivity index (χ3n) is 1.73. The van der Waals surface area contributed by atoms with Crippen molar-refractivity contribution in [1.29, 1.82) is 0 Å². The second kappa shape index (κ2) is 2.66. The maximum absolute atomic E-state index is 10.8. The smallest absolute Gasteiger partial charge is 0.348 e. The number of fused-ring (bicyclic) bond motifs is 1. The van der Waals surface area contributed by atoms with Gasteiger partial charge < -0.3 is 19.7 Å². The number of hydrogen-bond acceptors (Lipinski definition) is 5. The van der Waals surface area contributed by atoms with Crippen LogP contribution in [0.3, 0.4) is 0 Å². The summed E-state index contributed by atoms with van der Waals surface area (Å²) in [5.41, 5.74) is -0.969. The second-order valence-corrected chi connectivity index (χ2v) is 2.70. The number of phenolic OH excluding ortho intramolecular Hbond substituents is 2. The van der Waals surface area contributed by atoms with Gasteiger partial charge in [0.2, 0.25) is 0 Å². The summed E-state index contributed by atoms with van der Waals surface area (Å²) in [6, 6.07) is 4.10.